The normalized spacial score (nSPS) is 33.8. The lowest BCUT2D eigenvalue weighted by atomic mass is 9.87. The third-order valence-corrected chi connectivity index (χ3v) is 3.57. The summed E-state index contributed by atoms with van der Waals surface area (Å²) in [5, 5.41) is 5.37. The topological polar surface area (TPSA) is 78.5 Å². The van der Waals surface area contributed by atoms with Gasteiger partial charge in [-0.3, -0.25) is 19.7 Å². The fourth-order valence-corrected chi connectivity index (χ4v) is 2.31. The van der Waals surface area contributed by atoms with E-state index in [0.29, 0.717) is 6.54 Å². The quantitative estimate of drug-likeness (QED) is 0.567. The lowest BCUT2D eigenvalue weighted by Crippen LogP contribution is -2.61. The zero-order chi connectivity index (χ0) is 12.6. The van der Waals surface area contributed by atoms with Crippen LogP contribution in [-0.2, 0) is 14.4 Å². The van der Waals surface area contributed by atoms with E-state index in [1.54, 1.807) is 6.92 Å². The van der Waals surface area contributed by atoms with Crippen LogP contribution in [0.25, 0.3) is 0 Å². The Balaban J connectivity index is 2.17. The average molecular weight is 239 g/mol. The molecule has 0 bridgehead atoms. The Morgan fingerprint density at radius 3 is 2.76 bits per heavy atom. The van der Waals surface area contributed by atoms with Crippen molar-refractivity contribution >= 4 is 17.7 Å². The Bertz CT molecular complexity index is 374. The van der Waals surface area contributed by atoms with Crippen LogP contribution in [0.3, 0.4) is 0 Å². The van der Waals surface area contributed by atoms with Crippen molar-refractivity contribution in [3.63, 3.8) is 0 Å². The molecule has 3 amide bonds. The van der Waals surface area contributed by atoms with Gasteiger partial charge in [-0.2, -0.15) is 0 Å². The molecule has 6 heteroatoms. The number of nitrogens with zero attached hydrogens (tertiary/aromatic N) is 1. The fourth-order valence-electron chi connectivity index (χ4n) is 2.31. The zero-order valence-electron chi connectivity index (χ0n) is 10.1. The second-order valence-electron chi connectivity index (χ2n) is 5.01. The molecule has 2 aliphatic rings. The third kappa shape index (κ3) is 2.04. The predicted octanol–water partition coefficient (Wildman–Crippen LogP) is -1.14. The number of imide groups is 1. The molecule has 2 saturated heterocycles. The van der Waals surface area contributed by atoms with Crippen molar-refractivity contribution in [2.75, 3.05) is 19.6 Å². The fraction of sp³-hybridized carbons (Fsp3) is 0.727. The summed E-state index contributed by atoms with van der Waals surface area (Å²) in [7, 11) is 0. The van der Waals surface area contributed by atoms with Crippen LogP contribution in [0, 0.1) is 5.41 Å². The third-order valence-electron chi connectivity index (χ3n) is 3.57. The van der Waals surface area contributed by atoms with Gasteiger partial charge in [0.25, 0.3) is 0 Å². The zero-order valence-corrected chi connectivity index (χ0v) is 10.1. The molecule has 0 aromatic carbocycles. The van der Waals surface area contributed by atoms with Gasteiger partial charge in [-0.1, -0.05) is 0 Å². The van der Waals surface area contributed by atoms with E-state index in [1.165, 1.54) is 4.90 Å². The highest BCUT2D eigenvalue weighted by atomic mass is 16.2. The molecule has 0 aromatic rings. The molecule has 0 aliphatic carbocycles. The van der Waals surface area contributed by atoms with Crippen molar-refractivity contribution in [2.45, 2.75) is 26.3 Å². The monoisotopic (exact) mass is 239 g/mol. The second-order valence-corrected chi connectivity index (χ2v) is 5.01. The summed E-state index contributed by atoms with van der Waals surface area (Å²) in [5.74, 6) is -0.918. The van der Waals surface area contributed by atoms with Crippen molar-refractivity contribution in [1.82, 2.24) is 15.5 Å². The van der Waals surface area contributed by atoms with E-state index in [9.17, 15) is 14.4 Å². The van der Waals surface area contributed by atoms with E-state index in [2.05, 4.69) is 10.6 Å². The summed E-state index contributed by atoms with van der Waals surface area (Å²) in [4.78, 5) is 36.6. The predicted molar refractivity (Wildman–Crippen MR) is 59.9 cm³/mol. The van der Waals surface area contributed by atoms with Crippen LogP contribution in [-0.4, -0.2) is 48.3 Å². The van der Waals surface area contributed by atoms with Gasteiger partial charge in [0.1, 0.15) is 12.6 Å². The highest BCUT2D eigenvalue weighted by molar-refractivity contribution is 6.04. The van der Waals surface area contributed by atoms with Crippen molar-refractivity contribution in [3.8, 4) is 0 Å². The molecule has 6 nitrogen and oxygen atoms in total. The minimum Gasteiger partial charge on any atom is -0.321 e. The molecule has 0 spiro atoms. The molecule has 2 rings (SSSR count). The Hall–Kier alpha value is -1.43. The molecule has 2 aliphatic heterocycles. The maximum atomic E-state index is 12.4. The second kappa shape index (κ2) is 4.10. The summed E-state index contributed by atoms with van der Waals surface area (Å²) >= 11 is 0. The number of hydrogen-bond acceptors (Lipinski definition) is 4. The van der Waals surface area contributed by atoms with Crippen LogP contribution in [0.15, 0.2) is 0 Å². The van der Waals surface area contributed by atoms with Gasteiger partial charge in [0.15, 0.2) is 0 Å². The standard InChI is InChI=1S/C11H17N3O3/c1-7-9(16)13-8(15)5-14(7)10(17)11(2)3-4-12-6-11/h7,12H,3-6H2,1-2H3,(H,13,15,16). The average Bonchev–Trinajstić information content (AvgIpc) is 2.71. The van der Waals surface area contributed by atoms with E-state index in [-0.39, 0.29) is 12.5 Å². The van der Waals surface area contributed by atoms with Gasteiger partial charge in [0, 0.05) is 6.54 Å². The molecule has 2 unspecified atom stereocenters. The van der Waals surface area contributed by atoms with E-state index in [1.807, 2.05) is 6.92 Å². The van der Waals surface area contributed by atoms with Gasteiger partial charge in [0.05, 0.1) is 5.41 Å². The Morgan fingerprint density at radius 2 is 2.18 bits per heavy atom. The Morgan fingerprint density at radius 1 is 1.47 bits per heavy atom. The van der Waals surface area contributed by atoms with Crippen molar-refractivity contribution in [2.24, 2.45) is 5.41 Å². The van der Waals surface area contributed by atoms with Crippen LogP contribution >= 0.6 is 0 Å². The number of hydrogen-bond donors (Lipinski definition) is 2. The largest absolute Gasteiger partial charge is 0.321 e. The van der Waals surface area contributed by atoms with Crippen LogP contribution in [0.1, 0.15) is 20.3 Å². The van der Waals surface area contributed by atoms with Crippen molar-refractivity contribution in [3.05, 3.63) is 0 Å². The smallest absolute Gasteiger partial charge is 0.249 e. The first kappa shape index (κ1) is 12.0. The van der Waals surface area contributed by atoms with Gasteiger partial charge in [-0.25, -0.2) is 0 Å². The maximum Gasteiger partial charge on any atom is 0.249 e. The van der Waals surface area contributed by atoms with E-state index in [4.69, 9.17) is 0 Å². The summed E-state index contributed by atoms with van der Waals surface area (Å²) < 4.78 is 0. The highest BCUT2D eigenvalue weighted by Crippen LogP contribution is 2.28. The van der Waals surface area contributed by atoms with Gasteiger partial charge < -0.3 is 10.2 Å². The van der Waals surface area contributed by atoms with Gasteiger partial charge in [0.2, 0.25) is 17.7 Å². The minimum atomic E-state index is -0.572. The summed E-state index contributed by atoms with van der Waals surface area (Å²) in [6.07, 6.45) is 0.741. The van der Waals surface area contributed by atoms with Crippen molar-refractivity contribution in [1.29, 1.82) is 0 Å². The maximum absolute atomic E-state index is 12.4. The van der Waals surface area contributed by atoms with Crippen LogP contribution in [0.5, 0.6) is 0 Å². The molecule has 17 heavy (non-hydrogen) atoms. The Labute approximate surface area is 99.7 Å². The number of carbonyl (C=O) groups is 3. The van der Waals surface area contributed by atoms with E-state index < -0.39 is 23.3 Å². The molecular weight excluding hydrogens is 222 g/mol. The van der Waals surface area contributed by atoms with E-state index in [0.717, 1.165) is 13.0 Å². The number of rotatable bonds is 1. The van der Waals surface area contributed by atoms with Crippen LogP contribution in [0.2, 0.25) is 0 Å². The van der Waals surface area contributed by atoms with Gasteiger partial charge in [-0.05, 0) is 26.8 Å². The first-order chi connectivity index (χ1) is 7.94. The molecule has 0 saturated carbocycles. The highest BCUT2D eigenvalue weighted by Gasteiger charge is 2.44. The molecule has 94 valence electrons. The molecule has 2 atom stereocenters. The van der Waals surface area contributed by atoms with Crippen LogP contribution < -0.4 is 10.6 Å². The Kier molecular flexibility index (Phi) is 2.91. The SMILES string of the molecule is CC1C(=O)NC(=O)CN1C(=O)C1(C)CCNC1. The summed E-state index contributed by atoms with van der Waals surface area (Å²) in [6, 6.07) is -0.572. The number of piperazine rings is 1. The summed E-state index contributed by atoms with van der Waals surface area (Å²) in [6.45, 7) is 4.89. The first-order valence-electron chi connectivity index (χ1n) is 5.79. The lowest BCUT2D eigenvalue weighted by molar-refractivity contribution is -0.154. The lowest BCUT2D eigenvalue weighted by Gasteiger charge is -2.36. The van der Waals surface area contributed by atoms with Gasteiger partial charge >= 0.3 is 0 Å². The first-order valence-corrected chi connectivity index (χ1v) is 5.79. The molecule has 2 N–H and O–H groups in total. The minimum absolute atomic E-state index is 0.0265. The molecule has 2 heterocycles. The van der Waals surface area contributed by atoms with E-state index >= 15 is 0 Å². The summed E-state index contributed by atoms with van der Waals surface area (Å²) in [5.41, 5.74) is -0.494. The van der Waals surface area contributed by atoms with Crippen LogP contribution in [0.4, 0.5) is 0 Å². The number of amides is 3. The molecule has 0 radical (unpaired) electrons. The number of nitrogens with one attached hydrogen (secondary N) is 2. The molecule has 0 aromatic heterocycles. The molecular formula is C11H17N3O3. The molecule has 2 fully saturated rings. The number of carbonyl (C=O) groups excluding carboxylic acids is 3. The van der Waals surface area contributed by atoms with Crippen molar-refractivity contribution < 1.29 is 14.4 Å². The van der Waals surface area contributed by atoms with Gasteiger partial charge in [-0.15, -0.1) is 0 Å².